The molecule has 108 valence electrons. The van der Waals surface area contributed by atoms with Crippen molar-refractivity contribution in [1.29, 1.82) is 5.26 Å². The van der Waals surface area contributed by atoms with Crippen molar-refractivity contribution in [3.8, 4) is 6.07 Å². The molecule has 2 rings (SSSR count). The van der Waals surface area contributed by atoms with Crippen molar-refractivity contribution in [1.82, 2.24) is 10.2 Å². The third-order valence-electron chi connectivity index (χ3n) is 4.43. The summed E-state index contributed by atoms with van der Waals surface area (Å²) in [7, 11) is 0. The van der Waals surface area contributed by atoms with Gasteiger partial charge in [-0.1, -0.05) is 37.6 Å². The predicted octanol–water partition coefficient (Wildman–Crippen LogP) is 2.59. The zero-order valence-electron chi connectivity index (χ0n) is 12.9. The molecule has 1 unspecified atom stereocenters. The Kier molecular flexibility index (Phi) is 4.80. The van der Waals surface area contributed by atoms with E-state index >= 15 is 0 Å². The van der Waals surface area contributed by atoms with Crippen LogP contribution in [0.3, 0.4) is 0 Å². The van der Waals surface area contributed by atoms with Gasteiger partial charge in [0.15, 0.2) is 0 Å². The van der Waals surface area contributed by atoms with Crippen LogP contribution in [0.2, 0.25) is 0 Å². The zero-order valence-corrected chi connectivity index (χ0v) is 12.9. The maximum Gasteiger partial charge on any atom is 0.132 e. The molecule has 3 heteroatoms. The van der Waals surface area contributed by atoms with Crippen LogP contribution < -0.4 is 5.32 Å². The van der Waals surface area contributed by atoms with Crippen molar-refractivity contribution in [2.45, 2.75) is 39.2 Å². The number of benzene rings is 1. The van der Waals surface area contributed by atoms with Crippen LogP contribution in [0.1, 0.15) is 37.0 Å². The number of nitrogens with zero attached hydrogens (tertiary/aromatic N) is 2. The van der Waals surface area contributed by atoms with E-state index in [1.54, 1.807) is 0 Å². The fourth-order valence-corrected chi connectivity index (χ4v) is 3.07. The Bertz CT molecular complexity index is 499. The quantitative estimate of drug-likeness (QED) is 0.864. The minimum absolute atomic E-state index is 0.478. The molecule has 1 aliphatic carbocycles. The first-order valence-electron chi connectivity index (χ1n) is 7.64. The van der Waals surface area contributed by atoms with Crippen LogP contribution in [0.15, 0.2) is 18.2 Å². The molecule has 0 amide bonds. The van der Waals surface area contributed by atoms with Gasteiger partial charge in [-0.15, -0.1) is 0 Å². The number of hydrogen-bond donors (Lipinski definition) is 1. The summed E-state index contributed by atoms with van der Waals surface area (Å²) in [6, 6.07) is 9.04. The smallest absolute Gasteiger partial charge is 0.132 e. The van der Waals surface area contributed by atoms with E-state index in [1.165, 1.54) is 16.7 Å². The largest absolute Gasteiger partial charge is 0.303 e. The van der Waals surface area contributed by atoms with E-state index in [4.69, 9.17) is 0 Å². The Morgan fingerprint density at radius 2 is 2.10 bits per heavy atom. The van der Waals surface area contributed by atoms with E-state index in [1.807, 2.05) is 0 Å². The molecule has 0 radical (unpaired) electrons. The molecule has 0 aromatic heterocycles. The highest BCUT2D eigenvalue weighted by Gasteiger charge is 2.38. The number of aryl methyl sites for hydroxylation is 2. The molecule has 3 nitrogen and oxygen atoms in total. The van der Waals surface area contributed by atoms with E-state index in [-0.39, 0.29) is 0 Å². The summed E-state index contributed by atoms with van der Waals surface area (Å²) in [6.45, 7) is 10.4. The molecule has 1 N–H and O–H groups in total. The van der Waals surface area contributed by atoms with Gasteiger partial charge in [0.25, 0.3) is 0 Å². The van der Waals surface area contributed by atoms with E-state index in [0.29, 0.717) is 0 Å². The van der Waals surface area contributed by atoms with Gasteiger partial charge in [-0.25, -0.2) is 0 Å². The molecule has 0 saturated carbocycles. The minimum Gasteiger partial charge on any atom is -0.303 e. The van der Waals surface area contributed by atoms with Crippen LogP contribution in [0.5, 0.6) is 0 Å². The normalized spacial score (nSPS) is 20.9. The zero-order chi connectivity index (χ0) is 14.6. The lowest BCUT2D eigenvalue weighted by Crippen LogP contribution is -2.43. The fourth-order valence-electron chi connectivity index (χ4n) is 3.07. The number of nitriles is 1. The van der Waals surface area contributed by atoms with Crippen molar-refractivity contribution >= 4 is 0 Å². The first-order valence-corrected chi connectivity index (χ1v) is 7.64. The lowest BCUT2D eigenvalue weighted by Gasteiger charge is -2.26. The SMILES string of the molecule is CCN(CC)CCNC1(C#N)CCc2ccc(C)cc21. The van der Waals surface area contributed by atoms with Crippen LogP contribution in [0, 0.1) is 18.3 Å². The summed E-state index contributed by atoms with van der Waals surface area (Å²) in [5, 5.41) is 13.2. The molecule has 1 aromatic carbocycles. The van der Waals surface area contributed by atoms with Gasteiger partial charge in [0.1, 0.15) is 5.54 Å². The Morgan fingerprint density at radius 3 is 2.75 bits per heavy atom. The molecular weight excluding hydrogens is 246 g/mol. The van der Waals surface area contributed by atoms with Crippen molar-refractivity contribution < 1.29 is 0 Å². The summed E-state index contributed by atoms with van der Waals surface area (Å²) < 4.78 is 0. The summed E-state index contributed by atoms with van der Waals surface area (Å²) in [5.74, 6) is 0. The number of hydrogen-bond acceptors (Lipinski definition) is 3. The lowest BCUT2D eigenvalue weighted by molar-refractivity contribution is 0.285. The second-order valence-corrected chi connectivity index (χ2v) is 5.63. The third-order valence-corrected chi connectivity index (χ3v) is 4.43. The molecule has 0 bridgehead atoms. The van der Waals surface area contributed by atoms with Gasteiger partial charge in [-0.3, -0.25) is 5.32 Å². The van der Waals surface area contributed by atoms with Crippen LogP contribution in [-0.2, 0) is 12.0 Å². The highest BCUT2D eigenvalue weighted by atomic mass is 15.1. The molecule has 1 aromatic rings. The van der Waals surface area contributed by atoms with Crippen molar-refractivity contribution in [3.63, 3.8) is 0 Å². The molecule has 20 heavy (non-hydrogen) atoms. The van der Waals surface area contributed by atoms with Crippen LogP contribution in [0.4, 0.5) is 0 Å². The number of likely N-dealkylation sites (N-methyl/N-ethyl adjacent to an activating group) is 1. The number of rotatable bonds is 6. The summed E-state index contributed by atoms with van der Waals surface area (Å²) in [4.78, 5) is 2.38. The molecule has 1 atom stereocenters. The Balaban J connectivity index is 2.10. The van der Waals surface area contributed by atoms with Gasteiger partial charge in [0.2, 0.25) is 0 Å². The van der Waals surface area contributed by atoms with E-state index in [0.717, 1.165) is 39.0 Å². The molecule has 0 heterocycles. The average Bonchev–Trinajstić information content (AvgIpc) is 2.82. The van der Waals surface area contributed by atoms with Gasteiger partial charge in [0, 0.05) is 13.1 Å². The van der Waals surface area contributed by atoms with E-state index < -0.39 is 5.54 Å². The molecule has 1 aliphatic rings. The molecule has 0 spiro atoms. The molecular formula is C17H25N3. The Hall–Kier alpha value is -1.37. The van der Waals surface area contributed by atoms with Crippen LogP contribution in [0.25, 0.3) is 0 Å². The average molecular weight is 271 g/mol. The van der Waals surface area contributed by atoms with Crippen LogP contribution >= 0.6 is 0 Å². The van der Waals surface area contributed by atoms with Gasteiger partial charge in [-0.2, -0.15) is 5.26 Å². The predicted molar refractivity (Wildman–Crippen MR) is 82.6 cm³/mol. The minimum atomic E-state index is -0.478. The third kappa shape index (κ3) is 2.87. The number of fused-ring (bicyclic) bond motifs is 1. The monoisotopic (exact) mass is 271 g/mol. The second kappa shape index (κ2) is 6.39. The van der Waals surface area contributed by atoms with Crippen molar-refractivity contribution in [2.24, 2.45) is 0 Å². The Morgan fingerprint density at radius 1 is 1.35 bits per heavy atom. The topological polar surface area (TPSA) is 39.1 Å². The van der Waals surface area contributed by atoms with Gasteiger partial charge >= 0.3 is 0 Å². The van der Waals surface area contributed by atoms with Gasteiger partial charge in [0.05, 0.1) is 6.07 Å². The van der Waals surface area contributed by atoms with Crippen LogP contribution in [-0.4, -0.2) is 31.1 Å². The fraction of sp³-hybridized carbons (Fsp3) is 0.588. The highest BCUT2D eigenvalue weighted by Crippen LogP contribution is 2.36. The highest BCUT2D eigenvalue weighted by molar-refractivity contribution is 5.45. The van der Waals surface area contributed by atoms with E-state index in [2.05, 4.69) is 55.3 Å². The van der Waals surface area contributed by atoms with Crippen molar-refractivity contribution in [2.75, 3.05) is 26.2 Å². The number of nitrogens with one attached hydrogen (secondary N) is 1. The first kappa shape index (κ1) is 15.0. The maximum absolute atomic E-state index is 9.71. The summed E-state index contributed by atoms with van der Waals surface area (Å²) >= 11 is 0. The maximum atomic E-state index is 9.71. The second-order valence-electron chi connectivity index (χ2n) is 5.63. The Labute approximate surface area is 122 Å². The molecule has 0 fully saturated rings. The first-order chi connectivity index (χ1) is 9.65. The van der Waals surface area contributed by atoms with Gasteiger partial charge in [-0.05, 0) is 44.0 Å². The molecule has 0 saturated heterocycles. The molecule has 0 aliphatic heterocycles. The summed E-state index contributed by atoms with van der Waals surface area (Å²) in [6.07, 6.45) is 1.89. The standard InChI is InChI=1S/C17H25N3/c1-4-20(5-2)11-10-19-17(13-18)9-8-15-7-6-14(3)12-16(15)17/h6-7,12,19H,4-5,8-11H2,1-3H3. The van der Waals surface area contributed by atoms with Gasteiger partial charge < -0.3 is 4.90 Å². The van der Waals surface area contributed by atoms with Crippen molar-refractivity contribution in [3.05, 3.63) is 34.9 Å². The summed E-state index contributed by atoms with van der Waals surface area (Å²) in [5.41, 5.74) is 3.27. The van der Waals surface area contributed by atoms with E-state index in [9.17, 15) is 5.26 Å². The lowest BCUT2D eigenvalue weighted by atomic mass is 9.92.